The van der Waals surface area contributed by atoms with Crippen LogP contribution in [0.4, 0.5) is 4.79 Å². The number of hydrazine groups is 1. The van der Waals surface area contributed by atoms with E-state index >= 15 is 0 Å². The summed E-state index contributed by atoms with van der Waals surface area (Å²) in [6.45, 7) is 1.16. The second-order valence-electron chi connectivity index (χ2n) is 6.29. The molecule has 0 saturated carbocycles. The van der Waals surface area contributed by atoms with Crippen LogP contribution in [0.15, 0.2) is 59.1 Å². The minimum absolute atomic E-state index is 0.369. The number of amides is 5. The highest BCUT2D eigenvalue weighted by atomic mass is 79.9. The van der Waals surface area contributed by atoms with Crippen LogP contribution in [0.1, 0.15) is 22.8 Å². The molecule has 9 heteroatoms. The smallest absolute Gasteiger partial charge is 0.343 e. The van der Waals surface area contributed by atoms with Crippen LogP contribution in [0, 0.1) is 0 Å². The SMILES string of the molecule is C[C@@]1(c2ccccc2)NC(=O)N(NC(=O)CNC(=O)c2cccc(Br)c2)C1=O. The molecule has 0 unspecified atom stereocenters. The van der Waals surface area contributed by atoms with Crippen LogP contribution in [-0.2, 0) is 15.1 Å². The van der Waals surface area contributed by atoms with Crippen LogP contribution < -0.4 is 16.1 Å². The van der Waals surface area contributed by atoms with E-state index in [1.54, 1.807) is 61.5 Å². The Morgan fingerprint density at radius 1 is 1.11 bits per heavy atom. The summed E-state index contributed by atoms with van der Waals surface area (Å²) in [7, 11) is 0. The van der Waals surface area contributed by atoms with Crippen LogP contribution >= 0.6 is 15.9 Å². The molecule has 0 aromatic heterocycles. The normalized spacial score (nSPS) is 18.6. The predicted molar refractivity (Wildman–Crippen MR) is 104 cm³/mol. The van der Waals surface area contributed by atoms with E-state index in [0.29, 0.717) is 16.1 Å². The van der Waals surface area contributed by atoms with Gasteiger partial charge in [-0.2, -0.15) is 5.01 Å². The van der Waals surface area contributed by atoms with Crippen LogP contribution in [0.5, 0.6) is 0 Å². The lowest BCUT2D eigenvalue weighted by atomic mass is 9.92. The van der Waals surface area contributed by atoms with Crippen LogP contribution in [0.25, 0.3) is 0 Å². The summed E-state index contributed by atoms with van der Waals surface area (Å²) in [5, 5.41) is 5.64. The largest absolute Gasteiger partial charge is 0.344 e. The van der Waals surface area contributed by atoms with E-state index in [-0.39, 0.29) is 0 Å². The number of imide groups is 1. The molecular formula is C19H17BrN4O4. The first-order valence-electron chi connectivity index (χ1n) is 8.37. The molecule has 5 amide bonds. The van der Waals surface area contributed by atoms with Crippen molar-refractivity contribution >= 4 is 39.7 Å². The molecule has 28 heavy (non-hydrogen) atoms. The first-order valence-corrected chi connectivity index (χ1v) is 9.16. The molecule has 1 heterocycles. The summed E-state index contributed by atoms with van der Waals surface area (Å²) < 4.78 is 0.726. The summed E-state index contributed by atoms with van der Waals surface area (Å²) in [5.74, 6) is -1.78. The highest BCUT2D eigenvalue weighted by Gasteiger charge is 2.49. The van der Waals surface area contributed by atoms with Crippen molar-refractivity contribution in [2.75, 3.05) is 6.54 Å². The van der Waals surface area contributed by atoms with Gasteiger partial charge < -0.3 is 10.6 Å². The Labute approximate surface area is 169 Å². The minimum Gasteiger partial charge on any atom is -0.343 e. The molecule has 2 aromatic rings. The molecule has 144 valence electrons. The van der Waals surface area contributed by atoms with E-state index in [1.807, 2.05) is 0 Å². The average molecular weight is 445 g/mol. The first kappa shape index (κ1) is 19.6. The fraction of sp³-hybridized carbons (Fsp3) is 0.158. The number of hydrogen-bond donors (Lipinski definition) is 3. The topological polar surface area (TPSA) is 108 Å². The zero-order chi connectivity index (χ0) is 20.3. The standard InChI is InChI=1S/C19H17BrN4O4/c1-19(13-7-3-2-4-8-13)17(27)24(18(28)22-19)23-15(25)11-21-16(26)12-6-5-9-14(20)10-12/h2-10H,11H2,1H3,(H,21,26)(H,22,28)(H,23,25)/t19-/m0/s1. The third-order valence-electron chi connectivity index (χ3n) is 4.27. The number of carbonyl (C=O) groups is 4. The molecule has 8 nitrogen and oxygen atoms in total. The molecule has 1 aliphatic rings. The van der Waals surface area contributed by atoms with Crippen molar-refractivity contribution in [2.45, 2.75) is 12.5 Å². The van der Waals surface area contributed by atoms with E-state index < -0.39 is 35.8 Å². The van der Waals surface area contributed by atoms with Gasteiger partial charge in [-0.3, -0.25) is 19.8 Å². The fourth-order valence-electron chi connectivity index (χ4n) is 2.76. The fourth-order valence-corrected chi connectivity index (χ4v) is 3.16. The Morgan fingerprint density at radius 3 is 2.50 bits per heavy atom. The van der Waals surface area contributed by atoms with Gasteiger partial charge in [0.15, 0.2) is 0 Å². The molecule has 2 aromatic carbocycles. The third-order valence-corrected chi connectivity index (χ3v) is 4.77. The van der Waals surface area contributed by atoms with E-state index in [0.717, 1.165) is 4.47 Å². The Kier molecular flexibility index (Phi) is 5.46. The second kappa shape index (κ2) is 7.81. The minimum atomic E-state index is -1.29. The van der Waals surface area contributed by atoms with E-state index in [2.05, 4.69) is 32.0 Å². The number of rotatable bonds is 5. The molecule has 1 aliphatic heterocycles. The van der Waals surface area contributed by atoms with Crippen molar-refractivity contribution < 1.29 is 19.2 Å². The lowest BCUT2D eigenvalue weighted by Gasteiger charge is -2.22. The summed E-state index contributed by atoms with van der Waals surface area (Å²) in [5.41, 5.74) is 1.90. The predicted octanol–water partition coefficient (Wildman–Crippen LogP) is 1.68. The lowest BCUT2D eigenvalue weighted by molar-refractivity contribution is -0.138. The number of urea groups is 1. The van der Waals surface area contributed by atoms with Gasteiger partial charge >= 0.3 is 6.03 Å². The van der Waals surface area contributed by atoms with Gasteiger partial charge in [-0.1, -0.05) is 52.3 Å². The molecule has 0 aliphatic carbocycles. The maximum Gasteiger partial charge on any atom is 0.344 e. The molecule has 0 spiro atoms. The number of halogens is 1. The molecule has 1 fully saturated rings. The monoisotopic (exact) mass is 444 g/mol. The van der Waals surface area contributed by atoms with Gasteiger partial charge in [-0.25, -0.2) is 4.79 Å². The van der Waals surface area contributed by atoms with Crippen LogP contribution in [0.3, 0.4) is 0 Å². The first-order chi connectivity index (χ1) is 13.3. The molecule has 1 saturated heterocycles. The van der Waals surface area contributed by atoms with E-state index in [4.69, 9.17) is 0 Å². The molecule has 3 N–H and O–H groups in total. The zero-order valence-electron chi connectivity index (χ0n) is 14.9. The van der Waals surface area contributed by atoms with E-state index in [1.165, 1.54) is 0 Å². The van der Waals surface area contributed by atoms with Gasteiger partial charge in [0.1, 0.15) is 5.54 Å². The summed E-state index contributed by atoms with van der Waals surface area (Å²) in [4.78, 5) is 49.1. The zero-order valence-corrected chi connectivity index (χ0v) is 16.4. The van der Waals surface area contributed by atoms with E-state index in [9.17, 15) is 19.2 Å². The Balaban J connectivity index is 1.62. The van der Waals surface area contributed by atoms with Crippen molar-refractivity contribution in [3.63, 3.8) is 0 Å². The number of hydrogen-bond acceptors (Lipinski definition) is 4. The molecule has 1 atom stereocenters. The molecule has 0 radical (unpaired) electrons. The highest BCUT2D eigenvalue weighted by molar-refractivity contribution is 9.10. The van der Waals surface area contributed by atoms with Crippen molar-refractivity contribution in [1.29, 1.82) is 0 Å². The number of nitrogens with one attached hydrogen (secondary N) is 3. The van der Waals surface area contributed by atoms with Crippen molar-refractivity contribution in [1.82, 2.24) is 21.1 Å². The Morgan fingerprint density at radius 2 is 1.82 bits per heavy atom. The lowest BCUT2D eigenvalue weighted by Crippen LogP contribution is -2.50. The van der Waals surface area contributed by atoms with Crippen molar-refractivity contribution in [3.05, 3.63) is 70.2 Å². The third kappa shape index (κ3) is 3.89. The Bertz CT molecular complexity index is 950. The van der Waals surface area contributed by atoms with Crippen molar-refractivity contribution in [3.8, 4) is 0 Å². The quantitative estimate of drug-likeness (QED) is 0.609. The van der Waals surface area contributed by atoms with Crippen molar-refractivity contribution in [2.24, 2.45) is 0 Å². The van der Waals surface area contributed by atoms with Gasteiger partial charge in [0.2, 0.25) is 0 Å². The number of carbonyl (C=O) groups excluding carboxylic acids is 4. The average Bonchev–Trinajstić information content (AvgIpc) is 2.91. The summed E-state index contributed by atoms with van der Waals surface area (Å²) in [6, 6.07) is 14.6. The molecular weight excluding hydrogens is 428 g/mol. The van der Waals surface area contributed by atoms with Crippen LogP contribution in [0.2, 0.25) is 0 Å². The van der Waals surface area contributed by atoms with Gasteiger partial charge in [-0.05, 0) is 30.7 Å². The van der Waals surface area contributed by atoms with Gasteiger partial charge in [-0.15, -0.1) is 0 Å². The maximum atomic E-state index is 12.7. The molecule has 3 rings (SSSR count). The van der Waals surface area contributed by atoms with Gasteiger partial charge in [0.25, 0.3) is 17.7 Å². The number of benzene rings is 2. The summed E-state index contributed by atoms with van der Waals surface area (Å²) >= 11 is 3.26. The van der Waals surface area contributed by atoms with Crippen LogP contribution in [-0.4, -0.2) is 35.3 Å². The summed E-state index contributed by atoms with van der Waals surface area (Å²) in [6.07, 6.45) is 0. The maximum absolute atomic E-state index is 12.7. The molecule has 0 bridgehead atoms. The second-order valence-corrected chi connectivity index (χ2v) is 7.21. The Hall–Kier alpha value is -3.20. The van der Waals surface area contributed by atoms with Gasteiger partial charge in [0.05, 0.1) is 6.54 Å². The van der Waals surface area contributed by atoms with Gasteiger partial charge in [0, 0.05) is 10.0 Å². The highest BCUT2D eigenvalue weighted by Crippen LogP contribution is 2.27. The number of nitrogens with zero attached hydrogens (tertiary/aromatic N) is 1.